The Balaban J connectivity index is 2.83. The number of alkyl halides is 1. The molecule has 1 aliphatic heterocycles. The second-order valence-electron chi connectivity index (χ2n) is 4.51. The molecule has 0 saturated carbocycles. The lowest BCUT2D eigenvalue weighted by atomic mass is 9.93. The standard InChI is InChI=1S/C10H17ClN2O3/c1-10(2,6-11)9(15)13-3-4-16-5-7(13)8(12)14/h7H,3-6H2,1-2H3,(H2,12,14). The number of nitrogens with zero attached hydrogens (tertiary/aromatic N) is 1. The van der Waals surface area contributed by atoms with Gasteiger partial charge in [-0.2, -0.15) is 0 Å². The van der Waals surface area contributed by atoms with Gasteiger partial charge in [0.15, 0.2) is 0 Å². The first-order chi connectivity index (χ1) is 7.40. The second kappa shape index (κ2) is 5.01. The molecule has 92 valence electrons. The van der Waals surface area contributed by atoms with E-state index in [4.69, 9.17) is 22.1 Å². The van der Waals surface area contributed by atoms with Gasteiger partial charge < -0.3 is 15.4 Å². The molecular weight excluding hydrogens is 232 g/mol. The van der Waals surface area contributed by atoms with Gasteiger partial charge in [-0.05, 0) is 13.8 Å². The van der Waals surface area contributed by atoms with E-state index in [9.17, 15) is 9.59 Å². The highest BCUT2D eigenvalue weighted by Crippen LogP contribution is 2.23. The molecule has 0 spiro atoms. The molecule has 0 aromatic heterocycles. The summed E-state index contributed by atoms with van der Waals surface area (Å²) in [6.45, 7) is 4.46. The lowest BCUT2D eigenvalue weighted by molar-refractivity contribution is -0.153. The van der Waals surface area contributed by atoms with Crippen LogP contribution in [-0.2, 0) is 14.3 Å². The van der Waals surface area contributed by atoms with E-state index >= 15 is 0 Å². The van der Waals surface area contributed by atoms with Crippen molar-refractivity contribution in [2.75, 3.05) is 25.6 Å². The van der Waals surface area contributed by atoms with Crippen molar-refractivity contribution < 1.29 is 14.3 Å². The summed E-state index contributed by atoms with van der Waals surface area (Å²) in [5, 5.41) is 0. The molecule has 1 atom stereocenters. The normalized spacial score (nSPS) is 21.9. The first-order valence-electron chi connectivity index (χ1n) is 5.14. The van der Waals surface area contributed by atoms with E-state index in [1.54, 1.807) is 13.8 Å². The lowest BCUT2D eigenvalue weighted by Crippen LogP contribution is -2.57. The molecule has 16 heavy (non-hydrogen) atoms. The highest BCUT2D eigenvalue weighted by atomic mass is 35.5. The van der Waals surface area contributed by atoms with Gasteiger partial charge in [0, 0.05) is 12.4 Å². The van der Waals surface area contributed by atoms with Gasteiger partial charge in [0.05, 0.1) is 18.6 Å². The monoisotopic (exact) mass is 248 g/mol. The van der Waals surface area contributed by atoms with Crippen molar-refractivity contribution in [3.8, 4) is 0 Å². The van der Waals surface area contributed by atoms with Crippen LogP contribution in [0, 0.1) is 5.41 Å². The van der Waals surface area contributed by atoms with Crippen LogP contribution in [0.4, 0.5) is 0 Å². The average molecular weight is 249 g/mol. The summed E-state index contributed by atoms with van der Waals surface area (Å²) in [6.07, 6.45) is 0. The molecule has 0 bridgehead atoms. The SMILES string of the molecule is CC(C)(CCl)C(=O)N1CCOCC1C(N)=O. The van der Waals surface area contributed by atoms with Crippen LogP contribution in [0.2, 0.25) is 0 Å². The summed E-state index contributed by atoms with van der Waals surface area (Å²) in [4.78, 5) is 24.8. The zero-order valence-corrected chi connectivity index (χ0v) is 10.3. The third-order valence-corrected chi connectivity index (χ3v) is 3.30. The molecule has 1 rings (SSSR count). The van der Waals surface area contributed by atoms with E-state index < -0.39 is 17.4 Å². The van der Waals surface area contributed by atoms with Crippen molar-refractivity contribution in [3.05, 3.63) is 0 Å². The Morgan fingerprint density at radius 3 is 2.69 bits per heavy atom. The number of nitrogens with two attached hydrogens (primary N) is 1. The number of carbonyl (C=O) groups excluding carboxylic acids is 2. The fourth-order valence-electron chi connectivity index (χ4n) is 1.53. The number of hydrogen-bond donors (Lipinski definition) is 1. The number of amides is 2. The van der Waals surface area contributed by atoms with Gasteiger partial charge in [0.1, 0.15) is 6.04 Å². The zero-order chi connectivity index (χ0) is 12.3. The maximum Gasteiger partial charge on any atom is 0.242 e. The van der Waals surface area contributed by atoms with E-state index in [2.05, 4.69) is 0 Å². The van der Waals surface area contributed by atoms with Crippen LogP contribution in [-0.4, -0.2) is 48.4 Å². The van der Waals surface area contributed by atoms with E-state index in [-0.39, 0.29) is 18.4 Å². The van der Waals surface area contributed by atoms with Gasteiger partial charge in [-0.25, -0.2) is 0 Å². The molecular formula is C10H17ClN2O3. The van der Waals surface area contributed by atoms with Crippen molar-refractivity contribution in [1.82, 2.24) is 4.90 Å². The minimum absolute atomic E-state index is 0.158. The predicted molar refractivity (Wildman–Crippen MR) is 60.0 cm³/mol. The average Bonchev–Trinajstić information content (AvgIpc) is 2.28. The van der Waals surface area contributed by atoms with Gasteiger partial charge in [0.2, 0.25) is 11.8 Å². The zero-order valence-electron chi connectivity index (χ0n) is 9.53. The lowest BCUT2D eigenvalue weighted by Gasteiger charge is -2.37. The van der Waals surface area contributed by atoms with Gasteiger partial charge in [-0.3, -0.25) is 9.59 Å². The van der Waals surface area contributed by atoms with Crippen molar-refractivity contribution in [3.63, 3.8) is 0 Å². The van der Waals surface area contributed by atoms with Crippen molar-refractivity contribution in [2.24, 2.45) is 11.1 Å². The molecule has 1 saturated heterocycles. The summed E-state index contributed by atoms with van der Waals surface area (Å²) in [6, 6.07) is -0.677. The van der Waals surface area contributed by atoms with Crippen LogP contribution in [0.5, 0.6) is 0 Å². The van der Waals surface area contributed by atoms with Gasteiger partial charge in [-0.1, -0.05) is 0 Å². The van der Waals surface area contributed by atoms with E-state index in [1.807, 2.05) is 0 Å². The predicted octanol–water partition coefficient (Wildman–Crippen LogP) is -0.0359. The number of ether oxygens (including phenoxy) is 1. The summed E-state index contributed by atoms with van der Waals surface area (Å²) in [5.74, 6) is -0.498. The third-order valence-electron chi connectivity index (χ3n) is 2.63. The number of rotatable bonds is 3. The van der Waals surface area contributed by atoms with Crippen LogP contribution >= 0.6 is 11.6 Å². The molecule has 6 heteroatoms. The second-order valence-corrected chi connectivity index (χ2v) is 4.78. The number of primary amides is 1. The largest absolute Gasteiger partial charge is 0.377 e. The molecule has 0 radical (unpaired) electrons. The smallest absolute Gasteiger partial charge is 0.242 e. The minimum atomic E-state index is -0.688. The van der Waals surface area contributed by atoms with Gasteiger partial charge in [-0.15, -0.1) is 11.6 Å². The Hall–Kier alpha value is -0.810. The van der Waals surface area contributed by atoms with Crippen LogP contribution < -0.4 is 5.73 Å². The molecule has 0 aliphatic carbocycles. The first kappa shape index (κ1) is 13.3. The van der Waals surface area contributed by atoms with Gasteiger partial charge in [0.25, 0.3) is 0 Å². The highest BCUT2D eigenvalue weighted by Gasteiger charge is 2.38. The highest BCUT2D eigenvalue weighted by molar-refractivity contribution is 6.19. The molecule has 1 aliphatic rings. The van der Waals surface area contributed by atoms with Crippen LogP contribution in [0.1, 0.15) is 13.8 Å². The Labute approximate surface area is 99.9 Å². The quantitative estimate of drug-likeness (QED) is 0.713. The number of carbonyl (C=O) groups is 2. The Kier molecular flexibility index (Phi) is 4.15. The molecule has 1 unspecified atom stereocenters. The Morgan fingerprint density at radius 2 is 2.19 bits per heavy atom. The van der Waals surface area contributed by atoms with Crippen molar-refractivity contribution in [1.29, 1.82) is 0 Å². The maximum absolute atomic E-state index is 12.1. The number of morpholine rings is 1. The topological polar surface area (TPSA) is 72.6 Å². The Bertz CT molecular complexity index is 294. The fraction of sp³-hybridized carbons (Fsp3) is 0.800. The van der Waals surface area contributed by atoms with E-state index in [0.29, 0.717) is 13.2 Å². The Morgan fingerprint density at radius 1 is 1.56 bits per heavy atom. The fourth-order valence-corrected chi connectivity index (χ4v) is 1.64. The van der Waals surface area contributed by atoms with Crippen LogP contribution in [0.3, 0.4) is 0 Å². The molecule has 0 aromatic carbocycles. The summed E-state index contributed by atoms with van der Waals surface area (Å²) >= 11 is 5.74. The first-order valence-corrected chi connectivity index (χ1v) is 5.67. The molecule has 1 fully saturated rings. The van der Waals surface area contributed by atoms with Gasteiger partial charge >= 0.3 is 0 Å². The van der Waals surface area contributed by atoms with Crippen LogP contribution in [0.25, 0.3) is 0 Å². The summed E-state index contributed by atoms with van der Waals surface area (Å²) < 4.78 is 5.14. The molecule has 2 amide bonds. The molecule has 0 aromatic rings. The maximum atomic E-state index is 12.1. The van der Waals surface area contributed by atoms with E-state index in [0.717, 1.165) is 0 Å². The van der Waals surface area contributed by atoms with E-state index in [1.165, 1.54) is 4.90 Å². The molecule has 1 heterocycles. The molecule has 2 N–H and O–H groups in total. The summed E-state index contributed by atoms with van der Waals surface area (Å²) in [5.41, 5.74) is 4.55. The molecule has 5 nitrogen and oxygen atoms in total. The summed E-state index contributed by atoms with van der Waals surface area (Å²) in [7, 11) is 0. The van der Waals surface area contributed by atoms with Crippen molar-refractivity contribution >= 4 is 23.4 Å². The minimum Gasteiger partial charge on any atom is -0.377 e. The third kappa shape index (κ3) is 2.65. The van der Waals surface area contributed by atoms with Crippen LogP contribution in [0.15, 0.2) is 0 Å². The van der Waals surface area contributed by atoms with Crippen molar-refractivity contribution in [2.45, 2.75) is 19.9 Å². The number of hydrogen-bond acceptors (Lipinski definition) is 3. The number of halogens is 1.